The number of alkyl halides is 4. The van der Waals surface area contributed by atoms with E-state index in [1.54, 1.807) is 12.1 Å². The van der Waals surface area contributed by atoms with Crippen molar-refractivity contribution in [1.29, 1.82) is 0 Å². The smallest absolute Gasteiger partial charge is 0.411 e. The van der Waals surface area contributed by atoms with Gasteiger partial charge >= 0.3 is 6.18 Å². The highest BCUT2D eigenvalue weighted by atomic mass is 35.5. The maximum atomic E-state index is 11.9. The largest absolute Gasteiger partial charge is 0.495 e. The fourth-order valence-electron chi connectivity index (χ4n) is 1.69. The van der Waals surface area contributed by atoms with E-state index in [-0.39, 0.29) is 18.1 Å². The first-order valence-electron chi connectivity index (χ1n) is 5.99. The molecule has 0 saturated carbocycles. The minimum Gasteiger partial charge on any atom is -0.495 e. The average molecular weight is 347 g/mol. The number of halogens is 5. The molecule has 1 atom stereocenters. The lowest BCUT2D eigenvalue weighted by Gasteiger charge is -2.17. The van der Waals surface area contributed by atoms with Crippen LogP contribution in [0.15, 0.2) is 12.1 Å². The van der Waals surface area contributed by atoms with Gasteiger partial charge in [0.25, 0.3) is 0 Å². The highest BCUT2D eigenvalue weighted by molar-refractivity contribution is 6.34. The van der Waals surface area contributed by atoms with E-state index in [9.17, 15) is 13.2 Å². The van der Waals surface area contributed by atoms with Gasteiger partial charge in [0.2, 0.25) is 0 Å². The molecule has 0 saturated heterocycles. The van der Waals surface area contributed by atoms with E-state index >= 15 is 0 Å². The lowest BCUT2D eigenvalue weighted by molar-refractivity contribution is -0.174. The number of methoxy groups -OCH3 is 2. The van der Waals surface area contributed by atoms with Crippen LogP contribution in [0.2, 0.25) is 5.02 Å². The van der Waals surface area contributed by atoms with Gasteiger partial charge in [-0.3, -0.25) is 0 Å². The minimum absolute atomic E-state index is 0.125. The second-order valence-electron chi connectivity index (χ2n) is 4.13. The molecule has 0 radical (unpaired) electrons. The molecule has 120 valence electrons. The molecule has 0 fully saturated rings. The van der Waals surface area contributed by atoms with Gasteiger partial charge in [-0.05, 0) is 12.5 Å². The Morgan fingerprint density at radius 2 is 1.86 bits per heavy atom. The third-order valence-corrected chi connectivity index (χ3v) is 3.45. The molecule has 0 aliphatic rings. The first-order chi connectivity index (χ1) is 9.80. The molecule has 0 spiro atoms. The zero-order valence-electron chi connectivity index (χ0n) is 11.5. The maximum Gasteiger partial charge on any atom is 0.411 e. The topological polar surface area (TPSA) is 27.7 Å². The summed E-state index contributed by atoms with van der Waals surface area (Å²) in [5, 5.41) is -0.323. The molecule has 1 aromatic rings. The standard InChI is InChI=1S/C13H15Cl2F3O3/c1-19-10-4-3-8(12(20-2)11(10)15)9(14)5-6-21-7-13(16,17)18/h3-4,9H,5-7H2,1-2H3. The van der Waals surface area contributed by atoms with E-state index in [1.807, 2.05) is 0 Å². The van der Waals surface area contributed by atoms with Crippen LogP contribution in [-0.2, 0) is 4.74 Å². The Hall–Kier alpha value is -0.850. The molecule has 0 bridgehead atoms. The van der Waals surface area contributed by atoms with Crippen LogP contribution in [0.3, 0.4) is 0 Å². The summed E-state index contributed by atoms with van der Waals surface area (Å²) < 4.78 is 50.6. The predicted octanol–water partition coefficient (Wildman–Crippen LogP) is 4.61. The van der Waals surface area contributed by atoms with Crippen LogP contribution in [0.1, 0.15) is 17.4 Å². The summed E-state index contributed by atoms with van der Waals surface area (Å²) in [6.07, 6.45) is -4.15. The third-order valence-electron chi connectivity index (χ3n) is 2.63. The predicted molar refractivity (Wildman–Crippen MR) is 74.6 cm³/mol. The van der Waals surface area contributed by atoms with E-state index < -0.39 is 18.2 Å². The van der Waals surface area contributed by atoms with Gasteiger partial charge in [-0.2, -0.15) is 13.2 Å². The molecule has 21 heavy (non-hydrogen) atoms. The van der Waals surface area contributed by atoms with Crippen molar-refractivity contribution in [2.24, 2.45) is 0 Å². The molecule has 1 aromatic carbocycles. The van der Waals surface area contributed by atoms with Gasteiger partial charge in [0.05, 0.1) is 19.6 Å². The quantitative estimate of drug-likeness (QED) is 0.533. The van der Waals surface area contributed by atoms with E-state index in [4.69, 9.17) is 32.7 Å². The lowest BCUT2D eigenvalue weighted by atomic mass is 10.1. The summed E-state index contributed by atoms with van der Waals surface area (Å²) in [6.45, 7) is -1.42. The number of hydrogen-bond donors (Lipinski definition) is 0. The van der Waals surface area contributed by atoms with Crippen LogP contribution in [0.25, 0.3) is 0 Å². The van der Waals surface area contributed by atoms with Crippen LogP contribution in [0, 0.1) is 0 Å². The summed E-state index contributed by atoms with van der Waals surface area (Å²) in [4.78, 5) is 0. The Morgan fingerprint density at radius 1 is 1.19 bits per heavy atom. The molecule has 0 amide bonds. The summed E-state index contributed by atoms with van der Waals surface area (Å²) in [7, 11) is 2.89. The Balaban J connectivity index is 2.70. The first kappa shape index (κ1) is 18.2. The van der Waals surface area contributed by atoms with Gasteiger partial charge in [-0.25, -0.2) is 0 Å². The summed E-state index contributed by atoms with van der Waals surface area (Å²) in [6, 6.07) is 3.27. The molecule has 0 aliphatic carbocycles. The van der Waals surface area contributed by atoms with Crippen LogP contribution < -0.4 is 9.47 Å². The fraction of sp³-hybridized carbons (Fsp3) is 0.538. The van der Waals surface area contributed by atoms with Crippen molar-refractivity contribution in [2.45, 2.75) is 18.0 Å². The summed E-state index contributed by atoms with van der Waals surface area (Å²) in [5.41, 5.74) is 0.570. The van der Waals surface area contributed by atoms with Crippen LogP contribution in [0.4, 0.5) is 13.2 Å². The molecule has 1 rings (SSSR count). The van der Waals surface area contributed by atoms with Crippen molar-refractivity contribution in [3.63, 3.8) is 0 Å². The number of hydrogen-bond acceptors (Lipinski definition) is 3. The van der Waals surface area contributed by atoms with Gasteiger partial charge in [-0.1, -0.05) is 17.7 Å². The normalized spacial score (nSPS) is 13.1. The van der Waals surface area contributed by atoms with E-state index in [2.05, 4.69) is 4.74 Å². The first-order valence-corrected chi connectivity index (χ1v) is 6.80. The Labute approximate surface area is 130 Å². The molecular formula is C13H15Cl2F3O3. The number of benzene rings is 1. The molecule has 8 heteroatoms. The molecular weight excluding hydrogens is 332 g/mol. The van der Waals surface area contributed by atoms with Gasteiger partial charge in [0.1, 0.15) is 23.1 Å². The van der Waals surface area contributed by atoms with Crippen molar-refractivity contribution in [3.05, 3.63) is 22.7 Å². The van der Waals surface area contributed by atoms with Gasteiger partial charge < -0.3 is 14.2 Å². The molecule has 0 heterocycles. The molecule has 3 nitrogen and oxygen atoms in total. The summed E-state index contributed by atoms with van der Waals surface area (Å²) >= 11 is 12.3. The lowest BCUT2D eigenvalue weighted by Crippen LogP contribution is -2.17. The van der Waals surface area contributed by atoms with Gasteiger partial charge in [-0.15, -0.1) is 11.6 Å². The maximum absolute atomic E-state index is 11.9. The minimum atomic E-state index is -4.34. The Kier molecular flexibility index (Phi) is 6.90. The average Bonchev–Trinajstić information content (AvgIpc) is 2.41. The Morgan fingerprint density at radius 3 is 2.38 bits per heavy atom. The van der Waals surface area contributed by atoms with Crippen LogP contribution in [0.5, 0.6) is 11.5 Å². The Bertz CT molecular complexity index is 467. The van der Waals surface area contributed by atoms with E-state index in [1.165, 1.54) is 14.2 Å². The SMILES string of the molecule is COc1ccc(C(Cl)CCOCC(F)(F)F)c(OC)c1Cl. The van der Waals surface area contributed by atoms with Crippen molar-refractivity contribution >= 4 is 23.2 Å². The molecule has 0 aromatic heterocycles. The van der Waals surface area contributed by atoms with Crippen molar-refractivity contribution < 1.29 is 27.4 Å². The van der Waals surface area contributed by atoms with Crippen molar-refractivity contribution in [3.8, 4) is 11.5 Å². The summed E-state index contributed by atoms with van der Waals surface area (Å²) in [5.74, 6) is 0.765. The fourth-order valence-corrected chi connectivity index (χ4v) is 2.28. The van der Waals surface area contributed by atoms with Gasteiger partial charge in [0.15, 0.2) is 0 Å². The number of ether oxygens (including phenoxy) is 3. The molecule has 1 unspecified atom stereocenters. The second kappa shape index (κ2) is 7.96. The van der Waals surface area contributed by atoms with Crippen molar-refractivity contribution in [2.75, 3.05) is 27.4 Å². The van der Waals surface area contributed by atoms with Crippen LogP contribution >= 0.6 is 23.2 Å². The zero-order valence-corrected chi connectivity index (χ0v) is 13.0. The van der Waals surface area contributed by atoms with E-state index in [0.717, 1.165) is 0 Å². The molecule has 0 aliphatic heterocycles. The van der Waals surface area contributed by atoms with Crippen LogP contribution in [-0.4, -0.2) is 33.6 Å². The van der Waals surface area contributed by atoms with Crippen molar-refractivity contribution in [1.82, 2.24) is 0 Å². The molecule has 0 N–H and O–H groups in total. The van der Waals surface area contributed by atoms with E-state index in [0.29, 0.717) is 17.1 Å². The highest BCUT2D eigenvalue weighted by Crippen LogP contribution is 2.42. The zero-order chi connectivity index (χ0) is 16.0. The van der Waals surface area contributed by atoms with Gasteiger partial charge in [0, 0.05) is 12.2 Å². The number of rotatable bonds is 7. The third kappa shape index (κ3) is 5.45. The second-order valence-corrected chi connectivity index (χ2v) is 5.03. The highest BCUT2D eigenvalue weighted by Gasteiger charge is 2.27. The monoisotopic (exact) mass is 346 g/mol.